The molecule has 2 unspecified atom stereocenters. The maximum atomic E-state index is 5.94. The summed E-state index contributed by atoms with van der Waals surface area (Å²) in [4.78, 5) is 11.2. The number of hydrogen-bond acceptors (Lipinski definition) is 6. The lowest BCUT2D eigenvalue weighted by Crippen LogP contribution is -2.53. The molecule has 0 spiro atoms. The summed E-state index contributed by atoms with van der Waals surface area (Å²) in [5.41, 5.74) is 0. The Balaban J connectivity index is 1.92. The van der Waals surface area contributed by atoms with Gasteiger partial charge in [0.2, 0.25) is 5.75 Å². The van der Waals surface area contributed by atoms with Crippen LogP contribution in [0.5, 0.6) is 5.75 Å². The monoisotopic (exact) mass is 292 g/mol. The first kappa shape index (κ1) is 14.4. The number of methoxy groups -OCH3 is 1. The molecule has 2 heterocycles. The normalized spacial score (nSPS) is 25.3. The highest BCUT2D eigenvalue weighted by atomic mass is 16.5. The van der Waals surface area contributed by atoms with Crippen LogP contribution in [0.3, 0.4) is 0 Å². The van der Waals surface area contributed by atoms with Gasteiger partial charge in [0.25, 0.3) is 0 Å². The van der Waals surface area contributed by atoms with Gasteiger partial charge in [0.15, 0.2) is 11.6 Å². The number of anilines is 2. The van der Waals surface area contributed by atoms with Gasteiger partial charge in [0.05, 0.1) is 25.9 Å². The molecule has 6 nitrogen and oxygen atoms in total. The van der Waals surface area contributed by atoms with Crippen LogP contribution in [0.15, 0.2) is 6.33 Å². The lowest BCUT2D eigenvalue weighted by Gasteiger charge is -2.44. The van der Waals surface area contributed by atoms with E-state index in [4.69, 9.17) is 9.47 Å². The second-order valence-corrected chi connectivity index (χ2v) is 5.56. The molecule has 1 aliphatic heterocycles. The lowest BCUT2D eigenvalue weighted by molar-refractivity contribution is -0.00914. The summed E-state index contributed by atoms with van der Waals surface area (Å²) in [5.74, 6) is 2.40. The van der Waals surface area contributed by atoms with Gasteiger partial charge < -0.3 is 19.7 Å². The smallest absolute Gasteiger partial charge is 0.204 e. The van der Waals surface area contributed by atoms with E-state index in [9.17, 15) is 0 Å². The van der Waals surface area contributed by atoms with Crippen LogP contribution in [0.25, 0.3) is 0 Å². The number of morpholine rings is 1. The zero-order chi connectivity index (χ0) is 14.7. The number of ether oxygens (including phenoxy) is 2. The van der Waals surface area contributed by atoms with Crippen molar-refractivity contribution in [1.82, 2.24) is 9.97 Å². The van der Waals surface area contributed by atoms with Gasteiger partial charge in [-0.2, -0.15) is 0 Å². The van der Waals surface area contributed by atoms with Crippen LogP contribution < -0.4 is 15.0 Å². The first-order valence-electron chi connectivity index (χ1n) is 7.86. The molecular formula is C15H24N4O2. The summed E-state index contributed by atoms with van der Waals surface area (Å²) in [6.45, 7) is 4.47. The third-order valence-corrected chi connectivity index (χ3v) is 4.34. The molecule has 116 valence electrons. The standard InChI is InChI=1S/C15H24N4O2/c1-3-16-14-13(20-2)15(18-10-17-14)19-8-9-21-12-7-5-4-6-11(12)19/h10-12H,3-9H2,1-2H3,(H,16,17,18). The zero-order valence-corrected chi connectivity index (χ0v) is 12.8. The molecular weight excluding hydrogens is 268 g/mol. The Kier molecular flexibility index (Phi) is 4.43. The van der Waals surface area contributed by atoms with E-state index in [0.717, 1.165) is 49.9 Å². The van der Waals surface area contributed by atoms with Crippen molar-refractivity contribution in [2.45, 2.75) is 44.8 Å². The molecule has 1 saturated carbocycles. The quantitative estimate of drug-likeness (QED) is 0.916. The molecule has 0 radical (unpaired) electrons. The Morgan fingerprint density at radius 1 is 1.38 bits per heavy atom. The third-order valence-electron chi connectivity index (χ3n) is 4.34. The Hall–Kier alpha value is -1.56. The first-order valence-corrected chi connectivity index (χ1v) is 7.86. The molecule has 21 heavy (non-hydrogen) atoms. The maximum Gasteiger partial charge on any atom is 0.204 e. The Morgan fingerprint density at radius 3 is 3.05 bits per heavy atom. The van der Waals surface area contributed by atoms with E-state index in [1.807, 2.05) is 6.92 Å². The number of aromatic nitrogens is 2. The highest BCUT2D eigenvalue weighted by Crippen LogP contribution is 2.37. The molecule has 3 rings (SSSR count). The molecule has 1 N–H and O–H groups in total. The van der Waals surface area contributed by atoms with E-state index in [0.29, 0.717) is 12.1 Å². The van der Waals surface area contributed by atoms with Crippen molar-refractivity contribution in [3.63, 3.8) is 0 Å². The summed E-state index contributed by atoms with van der Waals surface area (Å²) in [6.07, 6.45) is 6.77. The van der Waals surface area contributed by atoms with Crippen LogP contribution in [0.1, 0.15) is 32.6 Å². The van der Waals surface area contributed by atoms with Crippen molar-refractivity contribution in [2.75, 3.05) is 37.0 Å². The number of hydrogen-bond donors (Lipinski definition) is 1. The Bertz CT molecular complexity index is 481. The molecule has 1 aromatic heterocycles. The van der Waals surface area contributed by atoms with Crippen molar-refractivity contribution in [3.05, 3.63) is 6.33 Å². The van der Waals surface area contributed by atoms with E-state index in [1.165, 1.54) is 12.8 Å². The topological polar surface area (TPSA) is 59.5 Å². The second kappa shape index (κ2) is 6.47. The summed E-state index contributed by atoms with van der Waals surface area (Å²) in [5, 5.41) is 3.24. The summed E-state index contributed by atoms with van der Waals surface area (Å²) in [7, 11) is 1.68. The van der Waals surface area contributed by atoms with Gasteiger partial charge in [-0.15, -0.1) is 0 Å². The van der Waals surface area contributed by atoms with E-state index in [-0.39, 0.29) is 0 Å². The summed E-state index contributed by atoms with van der Waals surface area (Å²) >= 11 is 0. The lowest BCUT2D eigenvalue weighted by atomic mass is 9.90. The average Bonchev–Trinajstić information content (AvgIpc) is 2.54. The predicted octanol–water partition coefficient (Wildman–Crippen LogP) is 2.06. The minimum atomic E-state index is 0.328. The molecule has 0 aromatic carbocycles. The van der Waals surface area contributed by atoms with Gasteiger partial charge >= 0.3 is 0 Å². The Morgan fingerprint density at radius 2 is 2.24 bits per heavy atom. The Labute approximate surface area is 125 Å². The molecule has 0 bridgehead atoms. The second-order valence-electron chi connectivity index (χ2n) is 5.56. The fraction of sp³-hybridized carbons (Fsp3) is 0.733. The predicted molar refractivity (Wildman–Crippen MR) is 82.1 cm³/mol. The molecule has 2 atom stereocenters. The van der Waals surface area contributed by atoms with Gasteiger partial charge in [0, 0.05) is 13.1 Å². The van der Waals surface area contributed by atoms with Crippen LogP contribution in [0.4, 0.5) is 11.6 Å². The summed E-state index contributed by atoms with van der Waals surface area (Å²) in [6, 6.07) is 0.408. The van der Waals surface area contributed by atoms with E-state index >= 15 is 0 Å². The van der Waals surface area contributed by atoms with E-state index < -0.39 is 0 Å². The van der Waals surface area contributed by atoms with Crippen LogP contribution >= 0.6 is 0 Å². The van der Waals surface area contributed by atoms with Crippen LogP contribution in [-0.4, -0.2) is 48.9 Å². The molecule has 6 heteroatoms. The van der Waals surface area contributed by atoms with Gasteiger partial charge in [-0.05, 0) is 19.8 Å². The van der Waals surface area contributed by atoms with Crippen molar-refractivity contribution in [1.29, 1.82) is 0 Å². The molecule has 2 fully saturated rings. The van der Waals surface area contributed by atoms with Gasteiger partial charge in [-0.1, -0.05) is 12.8 Å². The highest BCUT2D eigenvalue weighted by molar-refractivity contribution is 5.65. The average molecular weight is 292 g/mol. The number of fused-ring (bicyclic) bond motifs is 1. The van der Waals surface area contributed by atoms with Gasteiger partial charge in [-0.25, -0.2) is 9.97 Å². The summed E-state index contributed by atoms with van der Waals surface area (Å²) < 4.78 is 11.5. The van der Waals surface area contributed by atoms with E-state index in [2.05, 4.69) is 20.2 Å². The van der Waals surface area contributed by atoms with Gasteiger partial charge in [-0.3, -0.25) is 0 Å². The molecule has 1 aliphatic carbocycles. The number of nitrogens with zero attached hydrogens (tertiary/aromatic N) is 3. The maximum absolute atomic E-state index is 5.94. The van der Waals surface area contributed by atoms with Crippen molar-refractivity contribution >= 4 is 11.6 Å². The van der Waals surface area contributed by atoms with Crippen LogP contribution in [-0.2, 0) is 4.74 Å². The molecule has 1 aromatic rings. The highest BCUT2D eigenvalue weighted by Gasteiger charge is 2.36. The van der Waals surface area contributed by atoms with Crippen molar-refractivity contribution < 1.29 is 9.47 Å². The van der Waals surface area contributed by atoms with Crippen LogP contribution in [0.2, 0.25) is 0 Å². The zero-order valence-electron chi connectivity index (χ0n) is 12.8. The SMILES string of the molecule is CCNc1ncnc(N2CCOC3CCCCC32)c1OC. The molecule has 0 amide bonds. The minimum Gasteiger partial charge on any atom is -0.490 e. The molecule has 2 aliphatic rings. The largest absolute Gasteiger partial charge is 0.490 e. The van der Waals surface area contributed by atoms with Gasteiger partial charge in [0.1, 0.15) is 6.33 Å². The fourth-order valence-electron chi connectivity index (χ4n) is 3.41. The third kappa shape index (κ3) is 2.77. The van der Waals surface area contributed by atoms with Crippen molar-refractivity contribution in [2.24, 2.45) is 0 Å². The number of nitrogens with one attached hydrogen (secondary N) is 1. The molecule has 1 saturated heterocycles. The van der Waals surface area contributed by atoms with Crippen LogP contribution in [0, 0.1) is 0 Å². The van der Waals surface area contributed by atoms with E-state index in [1.54, 1.807) is 13.4 Å². The first-order chi connectivity index (χ1) is 10.3. The minimum absolute atomic E-state index is 0.328. The number of rotatable bonds is 4. The van der Waals surface area contributed by atoms with Crippen molar-refractivity contribution in [3.8, 4) is 5.75 Å². The fourth-order valence-corrected chi connectivity index (χ4v) is 3.41.